The standard InChI is InChI=1S/C18H23N3O4/c1-12-16(22)20(2)14-4-3-13(11-15(14)25-12)19-17(23)21-8-5-18(6-9-21)7-10-24-18/h3-4,11-12H,5-10H2,1-2H3,(H,19,23). The molecule has 0 radical (unpaired) electrons. The van der Waals surface area contributed by atoms with E-state index >= 15 is 0 Å². The van der Waals surface area contributed by atoms with Crippen LogP contribution in [-0.4, -0.2) is 55.3 Å². The summed E-state index contributed by atoms with van der Waals surface area (Å²) < 4.78 is 11.3. The Morgan fingerprint density at radius 2 is 2.00 bits per heavy atom. The van der Waals surface area contributed by atoms with Crippen LogP contribution in [-0.2, 0) is 9.53 Å². The van der Waals surface area contributed by atoms with E-state index in [1.807, 2.05) is 4.90 Å². The third kappa shape index (κ3) is 2.82. The van der Waals surface area contributed by atoms with E-state index in [0.717, 1.165) is 25.9 Å². The zero-order chi connectivity index (χ0) is 17.6. The summed E-state index contributed by atoms with van der Waals surface area (Å²) in [7, 11) is 1.73. The molecule has 1 spiro atoms. The molecule has 4 rings (SSSR count). The number of rotatable bonds is 1. The van der Waals surface area contributed by atoms with Gasteiger partial charge in [0.25, 0.3) is 5.91 Å². The number of ether oxygens (including phenoxy) is 2. The molecule has 3 heterocycles. The summed E-state index contributed by atoms with van der Waals surface area (Å²) in [6.45, 7) is 3.99. The number of hydrogen-bond acceptors (Lipinski definition) is 4. The fourth-order valence-electron chi connectivity index (χ4n) is 3.70. The maximum Gasteiger partial charge on any atom is 0.321 e. The average molecular weight is 345 g/mol. The molecule has 3 aliphatic rings. The van der Waals surface area contributed by atoms with Gasteiger partial charge in [0.05, 0.1) is 17.9 Å². The van der Waals surface area contributed by atoms with Crippen molar-refractivity contribution in [3.63, 3.8) is 0 Å². The number of carbonyl (C=O) groups is 2. The van der Waals surface area contributed by atoms with Crippen LogP contribution in [0, 0.1) is 0 Å². The van der Waals surface area contributed by atoms with Crippen LogP contribution >= 0.6 is 0 Å². The first-order valence-electron chi connectivity index (χ1n) is 8.76. The summed E-state index contributed by atoms with van der Waals surface area (Å²) in [5.41, 5.74) is 1.41. The van der Waals surface area contributed by atoms with Gasteiger partial charge in [0.1, 0.15) is 5.75 Å². The molecule has 3 aliphatic heterocycles. The molecule has 2 fully saturated rings. The maximum absolute atomic E-state index is 12.5. The Labute approximate surface area is 146 Å². The highest BCUT2D eigenvalue weighted by Gasteiger charge is 2.42. The highest BCUT2D eigenvalue weighted by molar-refractivity contribution is 6.00. The third-order valence-electron chi connectivity index (χ3n) is 5.48. The molecule has 0 aromatic heterocycles. The van der Waals surface area contributed by atoms with Crippen LogP contribution < -0.4 is 15.0 Å². The minimum atomic E-state index is -0.524. The lowest BCUT2D eigenvalue weighted by Gasteiger charge is -2.47. The fraction of sp³-hybridized carbons (Fsp3) is 0.556. The first-order chi connectivity index (χ1) is 12.0. The smallest absolute Gasteiger partial charge is 0.321 e. The van der Waals surface area contributed by atoms with Crippen molar-refractivity contribution < 1.29 is 19.1 Å². The zero-order valence-corrected chi connectivity index (χ0v) is 14.6. The number of carbonyl (C=O) groups excluding carboxylic acids is 2. The fourth-order valence-corrected chi connectivity index (χ4v) is 3.70. The van der Waals surface area contributed by atoms with Crippen LogP contribution in [0.4, 0.5) is 16.2 Å². The zero-order valence-electron chi connectivity index (χ0n) is 14.6. The lowest BCUT2D eigenvalue weighted by Crippen LogP contribution is -2.54. The Bertz CT molecular complexity index is 706. The number of urea groups is 1. The second-order valence-electron chi connectivity index (χ2n) is 7.04. The molecule has 1 atom stereocenters. The van der Waals surface area contributed by atoms with Gasteiger partial charge in [0.15, 0.2) is 6.10 Å². The van der Waals surface area contributed by atoms with Crippen LogP contribution in [0.15, 0.2) is 18.2 Å². The summed E-state index contributed by atoms with van der Waals surface area (Å²) in [6.07, 6.45) is 2.38. The van der Waals surface area contributed by atoms with Crippen LogP contribution in [0.25, 0.3) is 0 Å². The van der Waals surface area contributed by atoms with Crippen molar-refractivity contribution in [2.24, 2.45) is 0 Å². The monoisotopic (exact) mass is 345 g/mol. The Balaban J connectivity index is 1.42. The van der Waals surface area contributed by atoms with E-state index in [1.165, 1.54) is 0 Å². The summed E-state index contributed by atoms with van der Waals surface area (Å²) >= 11 is 0. The van der Waals surface area contributed by atoms with Gasteiger partial charge in [-0.05, 0) is 38.3 Å². The van der Waals surface area contributed by atoms with E-state index in [1.54, 1.807) is 37.1 Å². The van der Waals surface area contributed by atoms with Crippen molar-refractivity contribution in [1.29, 1.82) is 0 Å². The Hall–Kier alpha value is -2.28. The molecule has 0 saturated carbocycles. The van der Waals surface area contributed by atoms with Crippen molar-refractivity contribution in [2.45, 2.75) is 37.9 Å². The van der Waals surface area contributed by atoms with Gasteiger partial charge in [-0.25, -0.2) is 4.79 Å². The predicted molar refractivity (Wildman–Crippen MR) is 93.1 cm³/mol. The molecule has 1 aromatic carbocycles. The summed E-state index contributed by atoms with van der Waals surface area (Å²) in [5, 5.41) is 2.93. The average Bonchev–Trinajstić information content (AvgIpc) is 2.58. The number of amides is 3. The van der Waals surface area contributed by atoms with E-state index < -0.39 is 6.10 Å². The molecule has 1 N–H and O–H groups in total. The molecule has 1 aromatic rings. The van der Waals surface area contributed by atoms with Gasteiger partial charge in [0, 0.05) is 31.9 Å². The number of nitrogens with zero attached hydrogens (tertiary/aromatic N) is 2. The van der Waals surface area contributed by atoms with E-state index in [4.69, 9.17) is 9.47 Å². The first kappa shape index (κ1) is 16.2. The minimum absolute atomic E-state index is 0.0314. The van der Waals surface area contributed by atoms with Gasteiger partial charge in [-0.3, -0.25) is 4.79 Å². The highest BCUT2D eigenvalue weighted by Crippen LogP contribution is 2.37. The molecule has 7 heteroatoms. The molecular formula is C18H23N3O4. The molecule has 0 bridgehead atoms. The number of hydrogen-bond donors (Lipinski definition) is 1. The van der Waals surface area contributed by atoms with Crippen molar-refractivity contribution in [3.8, 4) is 5.75 Å². The SMILES string of the molecule is CC1Oc2cc(NC(=O)N3CCC4(CCO4)CC3)ccc2N(C)C1=O. The van der Waals surface area contributed by atoms with Gasteiger partial charge in [0.2, 0.25) is 0 Å². The summed E-state index contributed by atoms with van der Waals surface area (Å²) in [6, 6.07) is 5.25. The summed E-state index contributed by atoms with van der Waals surface area (Å²) in [5.74, 6) is 0.526. The van der Waals surface area contributed by atoms with Gasteiger partial charge in [-0.2, -0.15) is 0 Å². The molecule has 2 saturated heterocycles. The second kappa shape index (κ2) is 5.91. The molecule has 3 amide bonds. The lowest BCUT2D eigenvalue weighted by atomic mass is 9.84. The van der Waals surface area contributed by atoms with E-state index in [2.05, 4.69) is 5.32 Å². The van der Waals surface area contributed by atoms with Crippen LogP contribution in [0.5, 0.6) is 5.75 Å². The molecule has 134 valence electrons. The van der Waals surface area contributed by atoms with E-state index in [-0.39, 0.29) is 17.5 Å². The first-order valence-corrected chi connectivity index (χ1v) is 8.76. The van der Waals surface area contributed by atoms with Crippen molar-refractivity contribution in [2.75, 3.05) is 37.0 Å². The second-order valence-corrected chi connectivity index (χ2v) is 7.04. The molecule has 0 aliphatic carbocycles. The van der Waals surface area contributed by atoms with Gasteiger partial charge >= 0.3 is 6.03 Å². The number of nitrogens with one attached hydrogen (secondary N) is 1. The Morgan fingerprint density at radius 3 is 2.64 bits per heavy atom. The van der Waals surface area contributed by atoms with Crippen molar-refractivity contribution >= 4 is 23.3 Å². The van der Waals surface area contributed by atoms with Crippen LogP contribution in [0.2, 0.25) is 0 Å². The number of benzene rings is 1. The number of anilines is 2. The number of likely N-dealkylation sites (N-methyl/N-ethyl adjacent to an activating group) is 1. The number of piperidine rings is 1. The van der Waals surface area contributed by atoms with Gasteiger partial charge in [-0.15, -0.1) is 0 Å². The van der Waals surface area contributed by atoms with Gasteiger partial charge in [-0.1, -0.05) is 0 Å². The Kier molecular flexibility index (Phi) is 3.83. The van der Waals surface area contributed by atoms with E-state index in [9.17, 15) is 9.59 Å². The van der Waals surface area contributed by atoms with E-state index in [0.29, 0.717) is 30.2 Å². The molecule has 25 heavy (non-hydrogen) atoms. The van der Waals surface area contributed by atoms with Crippen LogP contribution in [0.3, 0.4) is 0 Å². The topological polar surface area (TPSA) is 71.1 Å². The number of likely N-dealkylation sites (tertiary alicyclic amines) is 1. The molecular weight excluding hydrogens is 322 g/mol. The van der Waals surface area contributed by atoms with Crippen LogP contribution in [0.1, 0.15) is 26.2 Å². The molecule has 1 unspecified atom stereocenters. The third-order valence-corrected chi connectivity index (χ3v) is 5.48. The molecule has 7 nitrogen and oxygen atoms in total. The lowest BCUT2D eigenvalue weighted by molar-refractivity contribution is -0.168. The predicted octanol–water partition coefficient (Wildman–Crippen LogP) is 2.22. The van der Waals surface area contributed by atoms with Crippen molar-refractivity contribution in [3.05, 3.63) is 18.2 Å². The highest BCUT2D eigenvalue weighted by atomic mass is 16.5. The quantitative estimate of drug-likeness (QED) is 0.847. The maximum atomic E-state index is 12.5. The van der Waals surface area contributed by atoms with Gasteiger partial charge < -0.3 is 24.6 Å². The largest absolute Gasteiger partial charge is 0.479 e. The number of fused-ring (bicyclic) bond motifs is 1. The minimum Gasteiger partial charge on any atom is -0.479 e. The van der Waals surface area contributed by atoms with Crippen molar-refractivity contribution in [1.82, 2.24) is 4.90 Å². The summed E-state index contributed by atoms with van der Waals surface area (Å²) in [4.78, 5) is 27.9. The normalized spacial score (nSPS) is 24.4. The Morgan fingerprint density at radius 1 is 1.28 bits per heavy atom.